The van der Waals surface area contributed by atoms with Crippen LogP contribution in [0.15, 0.2) is 36.5 Å². The third kappa shape index (κ3) is 5.04. The summed E-state index contributed by atoms with van der Waals surface area (Å²) in [6.07, 6.45) is 1.45. The topological polar surface area (TPSA) is 126 Å². The molecule has 1 aromatic carbocycles. The van der Waals surface area contributed by atoms with E-state index >= 15 is 0 Å². The van der Waals surface area contributed by atoms with Crippen LogP contribution in [0.5, 0.6) is 5.75 Å². The van der Waals surface area contributed by atoms with Crippen molar-refractivity contribution in [3.8, 4) is 5.75 Å². The molecule has 11 heteroatoms. The predicted octanol–water partition coefficient (Wildman–Crippen LogP) is 3.47. The smallest absolute Gasteiger partial charge is 0.341 e. The van der Waals surface area contributed by atoms with E-state index < -0.39 is 17.8 Å². The Hall–Kier alpha value is -3.37. The molecule has 31 heavy (non-hydrogen) atoms. The summed E-state index contributed by atoms with van der Waals surface area (Å²) in [5.74, 6) is -1.34. The molecule has 0 atom stereocenters. The van der Waals surface area contributed by atoms with Crippen molar-refractivity contribution >= 4 is 45.7 Å². The molecule has 3 rings (SSSR count). The normalized spacial score (nSPS) is 10.5. The van der Waals surface area contributed by atoms with Gasteiger partial charge >= 0.3 is 5.97 Å². The molecule has 0 saturated heterocycles. The number of aromatic nitrogens is 2. The number of carbonyl (C=O) groups excluding carboxylic acids is 3. The summed E-state index contributed by atoms with van der Waals surface area (Å²) < 4.78 is 12.0. The summed E-state index contributed by atoms with van der Waals surface area (Å²) in [6.45, 7) is 3.34. The Balaban J connectivity index is 1.81. The summed E-state index contributed by atoms with van der Waals surface area (Å²) >= 11 is 6.77. The van der Waals surface area contributed by atoms with Gasteiger partial charge in [0, 0.05) is 11.2 Å². The Kier molecular flexibility index (Phi) is 6.93. The van der Waals surface area contributed by atoms with Gasteiger partial charge in [-0.05, 0) is 49.7 Å². The number of amides is 2. The number of hydrogen-bond acceptors (Lipinski definition) is 7. The van der Waals surface area contributed by atoms with E-state index in [4.69, 9.17) is 26.8 Å². The van der Waals surface area contributed by atoms with E-state index in [1.165, 1.54) is 16.9 Å². The van der Waals surface area contributed by atoms with E-state index in [2.05, 4.69) is 10.4 Å². The third-order valence-electron chi connectivity index (χ3n) is 4.19. The van der Waals surface area contributed by atoms with Gasteiger partial charge in [0.15, 0.2) is 6.73 Å². The fraction of sp³-hybridized carbons (Fsp3) is 0.200. The van der Waals surface area contributed by atoms with Gasteiger partial charge in [-0.15, -0.1) is 11.3 Å². The van der Waals surface area contributed by atoms with Gasteiger partial charge in [-0.25, -0.2) is 9.48 Å². The molecule has 0 bridgehead atoms. The Labute approximate surface area is 186 Å². The van der Waals surface area contributed by atoms with E-state index in [0.717, 1.165) is 11.3 Å². The number of benzene rings is 1. The number of halogens is 1. The molecule has 3 aromatic rings. The second-order valence-corrected chi connectivity index (χ2v) is 7.70. The average molecular weight is 463 g/mol. The molecule has 0 aliphatic carbocycles. The van der Waals surface area contributed by atoms with Crippen molar-refractivity contribution in [3.05, 3.63) is 63.2 Å². The lowest BCUT2D eigenvalue weighted by atomic mass is 10.1. The molecule has 0 spiro atoms. The molecule has 0 saturated carbocycles. The maximum atomic E-state index is 12.9. The number of nitrogens with one attached hydrogen (secondary N) is 1. The molecular weight excluding hydrogens is 444 g/mol. The van der Waals surface area contributed by atoms with Crippen LogP contribution in [0.25, 0.3) is 0 Å². The van der Waals surface area contributed by atoms with Crippen LogP contribution >= 0.6 is 22.9 Å². The first kappa shape index (κ1) is 22.3. The lowest BCUT2D eigenvalue weighted by Crippen LogP contribution is -2.20. The molecule has 2 aromatic heterocycles. The minimum absolute atomic E-state index is 0.0296. The third-order valence-corrected chi connectivity index (χ3v) is 5.67. The van der Waals surface area contributed by atoms with E-state index in [9.17, 15) is 14.4 Å². The van der Waals surface area contributed by atoms with E-state index in [1.807, 2.05) is 0 Å². The highest BCUT2D eigenvalue weighted by Crippen LogP contribution is 2.33. The van der Waals surface area contributed by atoms with Crippen LogP contribution in [0.4, 0.5) is 5.00 Å². The summed E-state index contributed by atoms with van der Waals surface area (Å²) in [6, 6.07) is 8.24. The summed E-state index contributed by atoms with van der Waals surface area (Å²) in [4.78, 5) is 37.1. The number of esters is 1. The zero-order chi connectivity index (χ0) is 22.5. The number of anilines is 1. The second-order valence-electron chi connectivity index (χ2n) is 6.24. The summed E-state index contributed by atoms with van der Waals surface area (Å²) in [5, 5.41) is 7.49. The Bertz CT molecular complexity index is 1120. The van der Waals surface area contributed by atoms with Gasteiger partial charge in [0.25, 0.3) is 11.8 Å². The monoisotopic (exact) mass is 462 g/mol. The van der Waals surface area contributed by atoms with Crippen molar-refractivity contribution in [2.75, 3.05) is 11.9 Å². The molecule has 9 nitrogen and oxygen atoms in total. The van der Waals surface area contributed by atoms with Gasteiger partial charge in [-0.3, -0.25) is 9.59 Å². The standard InChI is InChI=1S/C20H19ClN4O5S/c1-3-29-20(28)15-11(2)16(17(22)26)31-19(15)24-18(27)14-8-9-23-25(14)10-30-13-6-4-12(21)5-7-13/h4-9H,3,10H2,1-2H3,(H2,22,26)(H,24,27). The minimum Gasteiger partial charge on any atom is -0.471 e. The van der Waals surface area contributed by atoms with Gasteiger partial charge in [0.05, 0.1) is 17.0 Å². The number of ether oxygens (including phenoxy) is 2. The van der Waals surface area contributed by atoms with Crippen molar-refractivity contribution in [1.29, 1.82) is 0 Å². The van der Waals surface area contributed by atoms with Crippen LogP contribution in [-0.2, 0) is 11.5 Å². The molecule has 0 aliphatic heterocycles. The number of rotatable bonds is 8. The highest BCUT2D eigenvalue weighted by atomic mass is 35.5. The molecule has 0 aliphatic rings. The van der Waals surface area contributed by atoms with E-state index in [-0.39, 0.29) is 34.5 Å². The van der Waals surface area contributed by atoms with Gasteiger partial charge in [0.1, 0.15) is 16.4 Å². The number of hydrogen-bond donors (Lipinski definition) is 2. The maximum absolute atomic E-state index is 12.9. The Morgan fingerprint density at radius 3 is 2.58 bits per heavy atom. The molecular formula is C20H19ClN4O5S. The second kappa shape index (κ2) is 9.63. The van der Waals surface area contributed by atoms with Crippen LogP contribution in [0, 0.1) is 6.92 Å². The lowest BCUT2D eigenvalue weighted by molar-refractivity contribution is 0.0527. The van der Waals surface area contributed by atoms with Gasteiger partial charge in [0.2, 0.25) is 0 Å². The number of primary amides is 1. The van der Waals surface area contributed by atoms with Crippen molar-refractivity contribution in [2.24, 2.45) is 5.73 Å². The van der Waals surface area contributed by atoms with E-state index in [1.54, 1.807) is 38.1 Å². The molecule has 3 N–H and O–H groups in total. The number of nitrogens with zero attached hydrogens (tertiary/aromatic N) is 2. The first-order valence-corrected chi connectivity index (χ1v) is 10.3. The van der Waals surface area contributed by atoms with Crippen LogP contribution in [0.2, 0.25) is 5.02 Å². The van der Waals surface area contributed by atoms with Gasteiger partial charge < -0.3 is 20.5 Å². The van der Waals surface area contributed by atoms with Crippen molar-refractivity contribution in [3.63, 3.8) is 0 Å². The predicted molar refractivity (Wildman–Crippen MR) is 116 cm³/mol. The number of nitrogens with two attached hydrogens (primary N) is 1. The first-order chi connectivity index (χ1) is 14.8. The lowest BCUT2D eigenvalue weighted by Gasteiger charge is -2.10. The van der Waals surface area contributed by atoms with Gasteiger partial charge in [-0.2, -0.15) is 5.10 Å². The zero-order valence-corrected chi connectivity index (χ0v) is 18.2. The summed E-state index contributed by atoms with van der Waals surface area (Å²) in [5.41, 5.74) is 6.03. The molecule has 2 amide bonds. The molecule has 162 valence electrons. The zero-order valence-electron chi connectivity index (χ0n) is 16.7. The largest absolute Gasteiger partial charge is 0.471 e. The Morgan fingerprint density at radius 1 is 1.23 bits per heavy atom. The number of carbonyl (C=O) groups is 3. The SMILES string of the molecule is CCOC(=O)c1c(NC(=O)c2ccnn2COc2ccc(Cl)cc2)sc(C(N)=O)c1C. The highest BCUT2D eigenvalue weighted by molar-refractivity contribution is 7.18. The highest BCUT2D eigenvalue weighted by Gasteiger charge is 2.26. The quantitative estimate of drug-likeness (QED) is 0.493. The number of thiophene rings is 1. The molecule has 0 unspecified atom stereocenters. The molecule has 0 fully saturated rings. The fourth-order valence-electron chi connectivity index (χ4n) is 2.75. The minimum atomic E-state index is -0.699. The molecule has 0 radical (unpaired) electrons. The van der Waals surface area contributed by atoms with E-state index in [0.29, 0.717) is 16.3 Å². The Morgan fingerprint density at radius 2 is 1.94 bits per heavy atom. The van der Waals surface area contributed by atoms with Crippen LogP contribution in [-0.4, -0.2) is 34.2 Å². The van der Waals surface area contributed by atoms with Crippen molar-refractivity contribution < 1.29 is 23.9 Å². The fourth-order valence-corrected chi connectivity index (χ4v) is 3.92. The van der Waals surface area contributed by atoms with Crippen molar-refractivity contribution in [1.82, 2.24) is 9.78 Å². The van der Waals surface area contributed by atoms with Crippen LogP contribution in [0.3, 0.4) is 0 Å². The molecule has 2 heterocycles. The maximum Gasteiger partial charge on any atom is 0.341 e. The average Bonchev–Trinajstić information content (AvgIpc) is 3.32. The summed E-state index contributed by atoms with van der Waals surface area (Å²) in [7, 11) is 0. The first-order valence-electron chi connectivity index (χ1n) is 9.13. The van der Waals surface area contributed by atoms with Crippen LogP contribution in [0.1, 0.15) is 43.0 Å². The van der Waals surface area contributed by atoms with Crippen LogP contribution < -0.4 is 15.8 Å². The van der Waals surface area contributed by atoms with Crippen molar-refractivity contribution in [2.45, 2.75) is 20.6 Å². The van der Waals surface area contributed by atoms with Gasteiger partial charge in [-0.1, -0.05) is 11.6 Å².